The number of anilines is 1. The van der Waals surface area contributed by atoms with Crippen molar-refractivity contribution in [1.82, 2.24) is 0 Å². The maximum absolute atomic E-state index is 12.3. The highest BCUT2D eigenvalue weighted by atomic mass is 35.5. The first-order valence-corrected chi connectivity index (χ1v) is 8.39. The van der Waals surface area contributed by atoms with Crippen molar-refractivity contribution < 1.29 is 9.53 Å². The number of amides is 1. The quantitative estimate of drug-likeness (QED) is 0.667. The molecule has 3 aromatic rings. The van der Waals surface area contributed by atoms with E-state index in [1.54, 1.807) is 19.1 Å². The SMILES string of the molecule is CC(Oc1ccc(-c2ccccc2)cc1)C(=O)Nc1ccccc1Cl. The molecule has 126 valence electrons. The second-order valence-corrected chi connectivity index (χ2v) is 6.03. The summed E-state index contributed by atoms with van der Waals surface area (Å²) in [5, 5.41) is 3.27. The molecule has 3 aromatic carbocycles. The Bertz CT molecular complexity index is 847. The predicted octanol–water partition coefficient (Wildman–Crippen LogP) is 5.41. The van der Waals surface area contributed by atoms with Gasteiger partial charge in [0.2, 0.25) is 0 Å². The minimum absolute atomic E-state index is 0.250. The minimum Gasteiger partial charge on any atom is -0.481 e. The number of ether oxygens (including phenoxy) is 1. The summed E-state index contributed by atoms with van der Waals surface area (Å²) in [7, 11) is 0. The number of hydrogen-bond donors (Lipinski definition) is 1. The first kappa shape index (κ1) is 17.1. The molecule has 25 heavy (non-hydrogen) atoms. The Labute approximate surface area is 152 Å². The van der Waals surface area contributed by atoms with Gasteiger partial charge in [0, 0.05) is 0 Å². The van der Waals surface area contributed by atoms with Gasteiger partial charge in [0.25, 0.3) is 5.91 Å². The number of para-hydroxylation sites is 1. The molecule has 1 N–H and O–H groups in total. The van der Waals surface area contributed by atoms with Gasteiger partial charge in [-0.1, -0.05) is 66.2 Å². The lowest BCUT2D eigenvalue weighted by molar-refractivity contribution is -0.122. The third kappa shape index (κ3) is 4.40. The highest BCUT2D eigenvalue weighted by Gasteiger charge is 2.16. The third-order valence-electron chi connectivity index (χ3n) is 3.78. The van der Waals surface area contributed by atoms with Crippen LogP contribution in [0.1, 0.15) is 6.92 Å². The van der Waals surface area contributed by atoms with Crippen LogP contribution in [0.15, 0.2) is 78.9 Å². The number of carbonyl (C=O) groups is 1. The Hall–Kier alpha value is -2.78. The second kappa shape index (κ2) is 7.86. The van der Waals surface area contributed by atoms with Crippen molar-refractivity contribution >= 4 is 23.2 Å². The van der Waals surface area contributed by atoms with Gasteiger partial charge in [-0.3, -0.25) is 4.79 Å². The molecular formula is C21H18ClNO2. The molecule has 1 unspecified atom stereocenters. The summed E-state index contributed by atoms with van der Waals surface area (Å²) in [5.41, 5.74) is 2.81. The smallest absolute Gasteiger partial charge is 0.265 e. The van der Waals surface area contributed by atoms with E-state index in [4.69, 9.17) is 16.3 Å². The zero-order valence-electron chi connectivity index (χ0n) is 13.8. The zero-order valence-corrected chi connectivity index (χ0v) is 14.5. The molecule has 0 aliphatic carbocycles. The standard InChI is InChI=1S/C21H18ClNO2/c1-15(21(24)23-20-10-6-5-9-19(20)22)25-18-13-11-17(12-14-18)16-7-3-2-4-8-16/h2-15H,1H3,(H,23,24). The molecule has 0 saturated heterocycles. The molecule has 0 aliphatic rings. The molecular weight excluding hydrogens is 334 g/mol. The van der Waals surface area contributed by atoms with Crippen LogP contribution in [0.25, 0.3) is 11.1 Å². The largest absolute Gasteiger partial charge is 0.481 e. The van der Waals surface area contributed by atoms with Gasteiger partial charge in [-0.2, -0.15) is 0 Å². The van der Waals surface area contributed by atoms with Crippen molar-refractivity contribution in [2.45, 2.75) is 13.0 Å². The lowest BCUT2D eigenvalue weighted by Gasteiger charge is -2.15. The molecule has 0 saturated carbocycles. The lowest BCUT2D eigenvalue weighted by atomic mass is 10.1. The summed E-state index contributed by atoms with van der Waals surface area (Å²) < 4.78 is 5.72. The monoisotopic (exact) mass is 351 g/mol. The summed E-state index contributed by atoms with van der Waals surface area (Å²) in [6.07, 6.45) is -0.640. The second-order valence-electron chi connectivity index (χ2n) is 5.62. The molecule has 0 aromatic heterocycles. The van der Waals surface area contributed by atoms with Crippen molar-refractivity contribution in [2.75, 3.05) is 5.32 Å². The van der Waals surface area contributed by atoms with Gasteiger partial charge in [-0.15, -0.1) is 0 Å². The molecule has 3 rings (SSSR count). The average molecular weight is 352 g/mol. The van der Waals surface area contributed by atoms with E-state index in [-0.39, 0.29) is 5.91 Å². The summed E-state index contributed by atoms with van der Waals surface area (Å²) in [6, 6.07) is 24.9. The molecule has 0 bridgehead atoms. The Balaban J connectivity index is 1.63. The van der Waals surface area contributed by atoms with Gasteiger partial charge in [0.05, 0.1) is 10.7 Å². The van der Waals surface area contributed by atoms with Gasteiger partial charge in [-0.05, 0) is 42.3 Å². The average Bonchev–Trinajstić information content (AvgIpc) is 2.65. The Morgan fingerprint density at radius 1 is 0.880 bits per heavy atom. The molecule has 1 atom stereocenters. The molecule has 4 heteroatoms. The molecule has 0 radical (unpaired) electrons. The van der Waals surface area contributed by atoms with Crippen molar-refractivity contribution in [2.24, 2.45) is 0 Å². The lowest BCUT2D eigenvalue weighted by Crippen LogP contribution is -2.30. The van der Waals surface area contributed by atoms with E-state index in [9.17, 15) is 4.79 Å². The molecule has 1 amide bonds. The predicted molar refractivity (Wildman–Crippen MR) is 102 cm³/mol. The maximum atomic E-state index is 12.3. The van der Waals surface area contributed by atoms with Crippen molar-refractivity contribution in [1.29, 1.82) is 0 Å². The third-order valence-corrected chi connectivity index (χ3v) is 4.10. The van der Waals surface area contributed by atoms with Crippen LogP contribution in [-0.2, 0) is 4.79 Å². The highest BCUT2D eigenvalue weighted by molar-refractivity contribution is 6.33. The Morgan fingerprint density at radius 2 is 1.48 bits per heavy atom. The van der Waals surface area contributed by atoms with Crippen LogP contribution in [0.2, 0.25) is 5.02 Å². The topological polar surface area (TPSA) is 38.3 Å². The number of halogens is 1. The Kier molecular flexibility index (Phi) is 5.36. The molecule has 0 heterocycles. The molecule has 0 fully saturated rings. The summed E-state index contributed by atoms with van der Waals surface area (Å²) in [6.45, 7) is 1.71. The van der Waals surface area contributed by atoms with Gasteiger partial charge in [0.1, 0.15) is 5.75 Å². The fraction of sp³-hybridized carbons (Fsp3) is 0.0952. The molecule has 3 nitrogen and oxygen atoms in total. The van der Waals surface area contributed by atoms with E-state index in [1.165, 1.54) is 0 Å². The summed E-state index contributed by atoms with van der Waals surface area (Å²) in [4.78, 5) is 12.3. The number of hydrogen-bond acceptors (Lipinski definition) is 2. The van der Waals surface area contributed by atoms with E-state index in [0.717, 1.165) is 11.1 Å². The van der Waals surface area contributed by atoms with Gasteiger partial charge >= 0.3 is 0 Å². The fourth-order valence-corrected chi connectivity index (χ4v) is 2.59. The summed E-state index contributed by atoms with van der Waals surface area (Å²) >= 11 is 6.05. The van der Waals surface area contributed by atoms with Crippen molar-refractivity contribution in [3.8, 4) is 16.9 Å². The van der Waals surface area contributed by atoms with Crippen LogP contribution >= 0.6 is 11.6 Å². The zero-order chi connectivity index (χ0) is 17.6. The number of benzene rings is 3. The Morgan fingerprint density at radius 3 is 2.16 bits per heavy atom. The van der Waals surface area contributed by atoms with Crippen molar-refractivity contribution in [3.05, 3.63) is 83.9 Å². The van der Waals surface area contributed by atoms with Crippen LogP contribution in [-0.4, -0.2) is 12.0 Å². The van der Waals surface area contributed by atoms with E-state index in [0.29, 0.717) is 16.5 Å². The minimum atomic E-state index is -0.640. The van der Waals surface area contributed by atoms with Crippen LogP contribution in [0.3, 0.4) is 0 Å². The van der Waals surface area contributed by atoms with E-state index < -0.39 is 6.10 Å². The number of rotatable bonds is 5. The van der Waals surface area contributed by atoms with Crippen LogP contribution in [0.5, 0.6) is 5.75 Å². The maximum Gasteiger partial charge on any atom is 0.265 e. The normalized spacial score (nSPS) is 11.6. The van der Waals surface area contributed by atoms with E-state index >= 15 is 0 Å². The molecule has 0 aliphatic heterocycles. The van der Waals surface area contributed by atoms with Crippen LogP contribution in [0, 0.1) is 0 Å². The first-order chi connectivity index (χ1) is 12.1. The number of carbonyl (C=O) groups excluding carboxylic acids is 1. The van der Waals surface area contributed by atoms with Crippen molar-refractivity contribution in [3.63, 3.8) is 0 Å². The molecule has 0 spiro atoms. The first-order valence-electron chi connectivity index (χ1n) is 8.01. The van der Waals surface area contributed by atoms with Gasteiger partial charge in [-0.25, -0.2) is 0 Å². The van der Waals surface area contributed by atoms with Gasteiger partial charge in [0.15, 0.2) is 6.10 Å². The number of nitrogens with one attached hydrogen (secondary N) is 1. The fourth-order valence-electron chi connectivity index (χ4n) is 2.41. The van der Waals surface area contributed by atoms with Crippen LogP contribution < -0.4 is 10.1 Å². The highest BCUT2D eigenvalue weighted by Crippen LogP contribution is 2.24. The van der Waals surface area contributed by atoms with Crippen LogP contribution in [0.4, 0.5) is 5.69 Å². The van der Waals surface area contributed by atoms with Gasteiger partial charge < -0.3 is 10.1 Å². The van der Waals surface area contributed by atoms with E-state index in [1.807, 2.05) is 54.6 Å². The van der Waals surface area contributed by atoms with E-state index in [2.05, 4.69) is 17.4 Å². The summed E-state index contributed by atoms with van der Waals surface area (Å²) in [5.74, 6) is 0.390.